The average molecular weight is 322 g/mol. The van der Waals surface area contributed by atoms with Crippen molar-refractivity contribution >= 4 is 35.0 Å². The monoisotopic (exact) mass is 322 g/mol. The number of carbonyl (C=O) groups is 3. The molecule has 0 radical (unpaired) electrons. The molecule has 0 atom stereocenters. The second kappa shape index (κ2) is 6.52. The lowest BCUT2D eigenvalue weighted by atomic mass is 10.2. The van der Waals surface area contributed by atoms with Gasteiger partial charge in [0.2, 0.25) is 0 Å². The van der Waals surface area contributed by atoms with E-state index in [1.54, 1.807) is 18.2 Å². The summed E-state index contributed by atoms with van der Waals surface area (Å²) in [6.45, 7) is -0.593. The number of carboxylic acid groups (broad SMARTS) is 1. The normalized spacial score (nSPS) is 16.3. The van der Waals surface area contributed by atoms with Crippen LogP contribution in [0, 0.1) is 0 Å². The first-order valence-corrected chi connectivity index (χ1v) is 6.96. The summed E-state index contributed by atoms with van der Waals surface area (Å²) < 4.78 is 10.1. The highest BCUT2D eigenvalue weighted by molar-refractivity contribution is 8.18. The number of likely N-dealkylation sites (N-methyl/N-ethyl adjacent to an activating group) is 1. The van der Waals surface area contributed by atoms with Crippen LogP contribution < -0.4 is 14.6 Å². The lowest BCUT2D eigenvalue weighted by Crippen LogP contribution is -2.29. The van der Waals surface area contributed by atoms with Crippen LogP contribution in [-0.4, -0.2) is 42.8 Å². The molecule has 1 aliphatic heterocycles. The Morgan fingerprint density at radius 1 is 1.36 bits per heavy atom. The van der Waals surface area contributed by atoms with Crippen LogP contribution in [-0.2, 0) is 9.59 Å². The van der Waals surface area contributed by atoms with Crippen LogP contribution in [0.2, 0.25) is 0 Å². The lowest BCUT2D eigenvalue weighted by Gasteiger charge is -2.11. The van der Waals surface area contributed by atoms with E-state index in [2.05, 4.69) is 0 Å². The molecule has 22 heavy (non-hydrogen) atoms. The summed E-state index contributed by atoms with van der Waals surface area (Å²) in [5, 5.41) is 10.1. The van der Waals surface area contributed by atoms with Gasteiger partial charge in [-0.15, -0.1) is 0 Å². The van der Waals surface area contributed by atoms with Gasteiger partial charge in [-0.2, -0.15) is 0 Å². The first-order chi connectivity index (χ1) is 10.4. The van der Waals surface area contributed by atoms with Gasteiger partial charge in [0.1, 0.15) is 6.61 Å². The van der Waals surface area contributed by atoms with Crippen LogP contribution in [0.3, 0.4) is 0 Å². The minimum absolute atomic E-state index is 0.243. The van der Waals surface area contributed by atoms with E-state index in [0.717, 1.165) is 16.7 Å². The van der Waals surface area contributed by atoms with Gasteiger partial charge in [-0.3, -0.25) is 14.5 Å². The molecule has 1 saturated heterocycles. The highest BCUT2D eigenvalue weighted by atomic mass is 32.2. The maximum atomic E-state index is 11.8. The predicted molar refractivity (Wildman–Crippen MR) is 77.2 cm³/mol. The molecule has 0 bridgehead atoms. The molecule has 1 aliphatic rings. The van der Waals surface area contributed by atoms with E-state index >= 15 is 0 Å². The number of carboxylic acids is 1. The molecule has 8 heteroatoms. The van der Waals surface area contributed by atoms with E-state index in [0.29, 0.717) is 16.2 Å². The van der Waals surface area contributed by atoms with Gasteiger partial charge in [0.15, 0.2) is 11.5 Å². The molecule has 1 aromatic rings. The number of amides is 2. The van der Waals surface area contributed by atoms with Gasteiger partial charge in [0.25, 0.3) is 11.1 Å². The largest absolute Gasteiger partial charge is 0.546 e. The van der Waals surface area contributed by atoms with E-state index in [-0.39, 0.29) is 16.9 Å². The maximum Gasteiger partial charge on any atom is 0.293 e. The molecule has 116 valence electrons. The quantitative estimate of drug-likeness (QED) is 0.728. The molecule has 0 saturated carbocycles. The Kier molecular flexibility index (Phi) is 4.71. The Bertz CT molecular complexity index is 669. The van der Waals surface area contributed by atoms with Crippen molar-refractivity contribution in [2.75, 3.05) is 20.8 Å². The van der Waals surface area contributed by atoms with Gasteiger partial charge in [-0.25, -0.2) is 0 Å². The standard InChI is InChI=1S/C14H13NO6S/c1-15-13(18)11(22-14(15)19)6-8-3-4-9(10(5-8)20-2)21-7-12(16)17/h3-6H,7H2,1-2H3,(H,16,17)/p-1/b11-6-. The number of aliphatic carboxylic acids is 1. The Morgan fingerprint density at radius 2 is 2.09 bits per heavy atom. The zero-order chi connectivity index (χ0) is 16.3. The van der Waals surface area contributed by atoms with Crippen LogP contribution in [0.1, 0.15) is 5.56 Å². The zero-order valence-electron chi connectivity index (χ0n) is 11.8. The highest BCUT2D eigenvalue weighted by Gasteiger charge is 2.31. The Hall–Kier alpha value is -2.48. The third-order valence-electron chi connectivity index (χ3n) is 2.82. The van der Waals surface area contributed by atoms with Gasteiger partial charge in [0, 0.05) is 7.05 Å². The van der Waals surface area contributed by atoms with Crippen LogP contribution in [0.5, 0.6) is 11.5 Å². The Balaban J connectivity index is 2.25. The van der Waals surface area contributed by atoms with Crippen molar-refractivity contribution in [3.8, 4) is 11.5 Å². The number of hydrogen-bond acceptors (Lipinski definition) is 7. The second-order valence-corrected chi connectivity index (χ2v) is 5.30. The summed E-state index contributed by atoms with van der Waals surface area (Å²) in [4.78, 5) is 35.0. The number of nitrogens with zero attached hydrogens (tertiary/aromatic N) is 1. The van der Waals surface area contributed by atoms with Gasteiger partial charge in [-0.1, -0.05) is 6.07 Å². The molecular weight excluding hydrogens is 310 g/mol. The Morgan fingerprint density at radius 3 is 2.64 bits per heavy atom. The average Bonchev–Trinajstić information content (AvgIpc) is 2.73. The van der Waals surface area contributed by atoms with Crippen molar-refractivity contribution in [2.45, 2.75) is 0 Å². The molecule has 1 heterocycles. The lowest BCUT2D eigenvalue weighted by molar-refractivity contribution is -0.307. The molecule has 0 aliphatic carbocycles. The second-order valence-electron chi connectivity index (χ2n) is 4.31. The van der Waals surface area contributed by atoms with Crippen LogP contribution in [0.25, 0.3) is 6.08 Å². The van der Waals surface area contributed by atoms with E-state index in [1.807, 2.05) is 0 Å². The summed E-state index contributed by atoms with van der Waals surface area (Å²) in [6.07, 6.45) is 1.56. The summed E-state index contributed by atoms with van der Waals surface area (Å²) in [5.74, 6) is -1.16. The molecule has 0 aromatic heterocycles. The van der Waals surface area contributed by atoms with Gasteiger partial charge in [-0.05, 0) is 35.5 Å². The van der Waals surface area contributed by atoms with Crippen LogP contribution in [0.15, 0.2) is 23.1 Å². The van der Waals surface area contributed by atoms with Crippen LogP contribution >= 0.6 is 11.8 Å². The molecular formula is C14H12NO6S-. The zero-order valence-corrected chi connectivity index (χ0v) is 12.6. The number of hydrogen-bond donors (Lipinski definition) is 0. The summed E-state index contributed by atoms with van der Waals surface area (Å²) in [5.41, 5.74) is 0.622. The number of ether oxygens (including phenoxy) is 2. The topological polar surface area (TPSA) is 96.0 Å². The number of thioether (sulfide) groups is 1. The first kappa shape index (κ1) is 15.9. The first-order valence-electron chi connectivity index (χ1n) is 6.14. The van der Waals surface area contributed by atoms with Gasteiger partial charge >= 0.3 is 0 Å². The number of carbonyl (C=O) groups excluding carboxylic acids is 3. The van der Waals surface area contributed by atoms with E-state index in [9.17, 15) is 19.5 Å². The number of methoxy groups -OCH3 is 1. The molecule has 1 fully saturated rings. The van der Waals surface area contributed by atoms with E-state index in [4.69, 9.17) is 9.47 Å². The summed E-state index contributed by atoms with van der Waals surface area (Å²) in [7, 11) is 2.82. The number of imide groups is 1. The van der Waals surface area contributed by atoms with Crippen molar-refractivity contribution in [2.24, 2.45) is 0 Å². The van der Waals surface area contributed by atoms with Crippen molar-refractivity contribution in [1.29, 1.82) is 0 Å². The fourth-order valence-corrected chi connectivity index (χ4v) is 2.55. The molecule has 7 nitrogen and oxygen atoms in total. The Labute approximate surface area is 130 Å². The third kappa shape index (κ3) is 3.40. The smallest absolute Gasteiger partial charge is 0.293 e. The minimum atomic E-state index is -1.34. The van der Waals surface area contributed by atoms with Crippen molar-refractivity contribution < 1.29 is 29.0 Å². The molecule has 1 aromatic carbocycles. The van der Waals surface area contributed by atoms with E-state index < -0.39 is 12.6 Å². The van der Waals surface area contributed by atoms with Gasteiger partial charge < -0.3 is 19.4 Å². The minimum Gasteiger partial charge on any atom is -0.546 e. The third-order valence-corrected chi connectivity index (χ3v) is 3.78. The van der Waals surface area contributed by atoms with Crippen molar-refractivity contribution in [3.05, 3.63) is 28.7 Å². The molecule has 0 N–H and O–H groups in total. The van der Waals surface area contributed by atoms with E-state index in [1.165, 1.54) is 20.2 Å². The molecule has 0 unspecified atom stereocenters. The predicted octanol–water partition coefficient (Wildman–Crippen LogP) is 0.490. The molecule has 0 spiro atoms. The number of rotatable bonds is 5. The van der Waals surface area contributed by atoms with Crippen molar-refractivity contribution in [3.63, 3.8) is 0 Å². The highest BCUT2D eigenvalue weighted by Crippen LogP contribution is 2.33. The summed E-state index contributed by atoms with van der Waals surface area (Å²) in [6, 6.07) is 4.72. The van der Waals surface area contributed by atoms with Gasteiger partial charge in [0.05, 0.1) is 18.0 Å². The molecule has 2 rings (SSSR count). The summed E-state index contributed by atoms with van der Waals surface area (Å²) >= 11 is 0.849. The number of benzene rings is 1. The SMILES string of the molecule is COc1cc(/C=C2\SC(=O)N(C)C2=O)ccc1OCC(=O)[O-]. The molecule has 2 amide bonds. The fourth-order valence-electron chi connectivity index (χ4n) is 1.73. The fraction of sp³-hybridized carbons (Fsp3) is 0.214. The van der Waals surface area contributed by atoms with Crippen LogP contribution in [0.4, 0.5) is 4.79 Å². The van der Waals surface area contributed by atoms with Crippen molar-refractivity contribution in [1.82, 2.24) is 4.90 Å². The maximum absolute atomic E-state index is 11.8.